The normalized spacial score (nSPS) is 11.9. The highest BCUT2D eigenvalue weighted by atomic mass is 32.2. The number of carbonyl (C=O) groups is 2. The number of carbonyl (C=O) groups excluding carboxylic acids is 1. The molecule has 4 nitrogen and oxygen atoms in total. The SMILES string of the molecule is CCCc1ccc(NC(=O)CSCC(C)C(=O)O)cc1. The lowest BCUT2D eigenvalue weighted by atomic mass is 10.1. The Morgan fingerprint density at radius 3 is 2.50 bits per heavy atom. The highest BCUT2D eigenvalue weighted by molar-refractivity contribution is 8.00. The van der Waals surface area contributed by atoms with Gasteiger partial charge in [-0.3, -0.25) is 9.59 Å². The van der Waals surface area contributed by atoms with Crippen LogP contribution in [0.3, 0.4) is 0 Å². The average molecular weight is 295 g/mol. The van der Waals surface area contributed by atoms with E-state index in [9.17, 15) is 9.59 Å². The standard InChI is InChI=1S/C15H21NO3S/c1-3-4-12-5-7-13(8-6-12)16-14(17)10-20-9-11(2)15(18)19/h5-8,11H,3-4,9-10H2,1-2H3,(H,16,17)(H,18,19). The Morgan fingerprint density at radius 1 is 1.30 bits per heavy atom. The van der Waals surface area contributed by atoms with Crippen molar-refractivity contribution >= 4 is 29.3 Å². The Balaban J connectivity index is 2.33. The van der Waals surface area contributed by atoms with E-state index in [4.69, 9.17) is 5.11 Å². The zero-order valence-electron chi connectivity index (χ0n) is 11.9. The van der Waals surface area contributed by atoms with Gasteiger partial charge in [0, 0.05) is 11.4 Å². The maximum atomic E-state index is 11.7. The van der Waals surface area contributed by atoms with Gasteiger partial charge < -0.3 is 10.4 Å². The topological polar surface area (TPSA) is 66.4 Å². The van der Waals surface area contributed by atoms with Crippen LogP contribution in [-0.2, 0) is 16.0 Å². The second kappa shape index (κ2) is 8.64. The number of carboxylic acid groups (broad SMARTS) is 1. The molecule has 0 aliphatic carbocycles. The molecule has 0 spiro atoms. The van der Waals surface area contributed by atoms with Crippen molar-refractivity contribution in [3.05, 3.63) is 29.8 Å². The smallest absolute Gasteiger partial charge is 0.307 e. The van der Waals surface area contributed by atoms with Crippen LogP contribution in [0.2, 0.25) is 0 Å². The number of nitrogens with one attached hydrogen (secondary N) is 1. The summed E-state index contributed by atoms with van der Waals surface area (Å²) >= 11 is 1.34. The lowest BCUT2D eigenvalue weighted by molar-refractivity contribution is -0.140. The van der Waals surface area contributed by atoms with Gasteiger partial charge in [-0.15, -0.1) is 0 Å². The summed E-state index contributed by atoms with van der Waals surface area (Å²) in [7, 11) is 0. The lowest BCUT2D eigenvalue weighted by Crippen LogP contribution is -2.17. The van der Waals surface area contributed by atoms with Gasteiger partial charge in [-0.1, -0.05) is 32.4 Å². The van der Waals surface area contributed by atoms with Crippen molar-refractivity contribution < 1.29 is 14.7 Å². The number of thioether (sulfide) groups is 1. The summed E-state index contributed by atoms with van der Waals surface area (Å²) in [5.41, 5.74) is 2.04. The van der Waals surface area contributed by atoms with Gasteiger partial charge in [-0.25, -0.2) is 0 Å². The highest BCUT2D eigenvalue weighted by Gasteiger charge is 2.11. The van der Waals surface area contributed by atoms with Crippen LogP contribution in [0.25, 0.3) is 0 Å². The molecule has 1 amide bonds. The number of carboxylic acids is 1. The minimum atomic E-state index is -0.829. The van der Waals surface area contributed by atoms with E-state index in [1.807, 2.05) is 24.3 Å². The van der Waals surface area contributed by atoms with Crippen molar-refractivity contribution in [2.75, 3.05) is 16.8 Å². The molecule has 2 N–H and O–H groups in total. The minimum absolute atomic E-state index is 0.101. The summed E-state index contributed by atoms with van der Waals surface area (Å²) in [4.78, 5) is 22.3. The van der Waals surface area contributed by atoms with Gasteiger partial charge in [-0.05, 0) is 24.1 Å². The highest BCUT2D eigenvalue weighted by Crippen LogP contribution is 2.13. The Hall–Kier alpha value is -1.49. The van der Waals surface area contributed by atoms with Crippen molar-refractivity contribution in [2.45, 2.75) is 26.7 Å². The van der Waals surface area contributed by atoms with Crippen LogP contribution in [0.1, 0.15) is 25.8 Å². The molecule has 5 heteroatoms. The molecule has 0 fully saturated rings. The summed E-state index contributed by atoms with van der Waals surface area (Å²) in [5, 5.41) is 11.5. The fraction of sp³-hybridized carbons (Fsp3) is 0.467. The maximum absolute atomic E-state index is 11.7. The van der Waals surface area contributed by atoms with E-state index in [1.165, 1.54) is 17.3 Å². The zero-order valence-corrected chi connectivity index (χ0v) is 12.7. The number of hydrogen-bond acceptors (Lipinski definition) is 3. The summed E-state index contributed by atoms with van der Waals surface area (Å²) < 4.78 is 0. The van der Waals surface area contributed by atoms with Crippen LogP contribution < -0.4 is 5.32 Å². The van der Waals surface area contributed by atoms with E-state index in [2.05, 4.69) is 12.2 Å². The van der Waals surface area contributed by atoms with Crippen LogP contribution in [0.15, 0.2) is 24.3 Å². The molecule has 1 aromatic carbocycles. The molecule has 0 saturated carbocycles. The number of amides is 1. The minimum Gasteiger partial charge on any atom is -0.481 e. The monoisotopic (exact) mass is 295 g/mol. The van der Waals surface area contributed by atoms with Crippen LogP contribution >= 0.6 is 11.8 Å². The summed E-state index contributed by atoms with van der Waals surface area (Å²) in [5.74, 6) is -0.645. The molecule has 0 aliphatic heterocycles. The number of benzene rings is 1. The molecule has 1 aromatic rings. The van der Waals surface area contributed by atoms with E-state index >= 15 is 0 Å². The van der Waals surface area contributed by atoms with Crippen molar-refractivity contribution in [2.24, 2.45) is 5.92 Å². The maximum Gasteiger partial charge on any atom is 0.307 e. The van der Waals surface area contributed by atoms with Crippen LogP contribution in [0.4, 0.5) is 5.69 Å². The number of aliphatic carboxylic acids is 1. The number of hydrogen-bond donors (Lipinski definition) is 2. The van der Waals surface area contributed by atoms with E-state index in [0.29, 0.717) is 5.75 Å². The van der Waals surface area contributed by atoms with Crippen molar-refractivity contribution in [3.8, 4) is 0 Å². The van der Waals surface area contributed by atoms with Crippen LogP contribution in [-0.4, -0.2) is 28.5 Å². The molecule has 0 bridgehead atoms. The molecule has 1 atom stereocenters. The predicted octanol–water partition coefficient (Wildman–Crippen LogP) is 3.03. The Morgan fingerprint density at radius 2 is 1.95 bits per heavy atom. The molecule has 1 unspecified atom stereocenters. The third-order valence-electron chi connectivity index (χ3n) is 2.80. The molecular formula is C15H21NO3S. The zero-order chi connectivity index (χ0) is 15.0. The summed E-state index contributed by atoms with van der Waals surface area (Å²) in [6.45, 7) is 3.77. The van der Waals surface area contributed by atoms with Crippen molar-refractivity contribution in [1.29, 1.82) is 0 Å². The molecule has 20 heavy (non-hydrogen) atoms. The van der Waals surface area contributed by atoms with Gasteiger partial charge in [0.1, 0.15) is 0 Å². The van der Waals surface area contributed by atoms with Gasteiger partial charge in [0.15, 0.2) is 0 Å². The molecule has 0 saturated heterocycles. The molecule has 110 valence electrons. The first-order valence-corrected chi connectivity index (χ1v) is 7.87. The predicted molar refractivity (Wildman–Crippen MR) is 83.2 cm³/mol. The molecule has 0 aromatic heterocycles. The Kier molecular flexibility index (Phi) is 7.15. The van der Waals surface area contributed by atoms with Crippen LogP contribution in [0, 0.1) is 5.92 Å². The molecule has 0 heterocycles. The van der Waals surface area contributed by atoms with Gasteiger partial charge >= 0.3 is 5.97 Å². The largest absolute Gasteiger partial charge is 0.481 e. The number of rotatable bonds is 8. The van der Waals surface area contributed by atoms with Gasteiger partial charge in [0.05, 0.1) is 11.7 Å². The fourth-order valence-electron chi connectivity index (χ4n) is 1.64. The lowest BCUT2D eigenvalue weighted by Gasteiger charge is -2.07. The first kappa shape index (κ1) is 16.6. The van der Waals surface area contributed by atoms with E-state index in [-0.39, 0.29) is 11.7 Å². The second-order valence-electron chi connectivity index (χ2n) is 4.75. The summed E-state index contributed by atoms with van der Waals surface area (Å²) in [6.07, 6.45) is 2.14. The van der Waals surface area contributed by atoms with Crippen molar-refractivity contribution in [3.63, 3.8) is 0 Å². The van der Waals surface area contributed by atoms with E-state index in [1.54, 1.807) is 6.92 Å². The van der Waals surface area contributed by atoms with E-state index < -0.39 is 11.9 Å². The van der Waals surface area contributed by atoms with Gasteiger partial charge in [0.25, 0.3) is 0 Å². The first-order valence-electron chi connectivity index (χ1n) is 6.72. The van der Waals surface area contributed by atoms with Crippen molar-refractivity contribution in [1.82, 2.24) is 0 Å². The quantitative estimate of drug-likeness (QED) is 0.773. The van der Waals surface area contributed by atoms with Crippen LogP contribution in [0.5, 0.6) is 0 Å². The molecule has 0 aliphatic rings. The molecule has 0 radical (unpaired) electrons. The summed E-state index contributed by atoms with van der Waals surface area (Å²) in [6, 6.07) is 7.82. The third-order valence-corrected chi connectivity index (χ3v) is 4.00. The molecule has 1 rings (SSSR count). The fourth-order valence-corrected chi connectivity index (χ4v) is 2.51. The number of aryl methyl sites for hydroxylation is 1. The number of anilines is 1. The second-order valence-corrected chi connectivity index (χ2v) is 5.78. The third kappa shape index (κ3) is 6.10. The van der Waals surface area contributed by atoms with Gasteiger partial charge in [0.2, 0.25) is 5.91 Å². The molecular weight excluding hydrogens is 274 g/mol. The van der Waals surface area contributed by atoms with E-state index in [0.717, 1.165) is 18.5 Å². The average Bonchev–Trinajstić information content (AvgIpc) is 2.41. The Bertz CT molecular complexity index is 445. The van der Waals surface area contributed by atoms with Gasteiger partial charge in [-0.2, -0.15) is 11.8 Å². The first-order chi connectivity index (χ1) is 9.52. The Labute approximate surface area is 124 Å².